The zero-order valence-corrected chi connectivity index (χ0v) is 47.8. The highest BCUT2D eigenvalue weighted by molar-refractivity contribution is 6.13. The Kier molecular flexibility index (Phi) is 13.1. The van der Waals surface area contributed by atoms with E-state index in [9.17, 15) is 0 Å². The highest BCUT2D eigenvalue weighted by Gasteiger charge is 2.24. The Hall–Kier alpha value is -11.9. The minimum absolute atomic E-state index is 0.738. The maximum Gasteiger partial charge on any atom is 0.161 e. The van der Waals surface area contributed by atoms with E-state index in [4.69, 9.17) is 18.8 Å². The summed E-state index contributed by atoms with van der Waals surface area (Å²) in [7, 11) is 0. The van der Waals surface area contributed by atoms with Crippen molar-refractivity contribution in [1.82, 2.24) is 9.97 Å². The number of anilines is 6. The van der Waals surface area contributed by atoms with Crippen LogP contribution in [0.3, 0.4) is 0 Å². The van der Waals surface area contributed by atoms with Crippen molar-refractivity contribution >= 4 is 78.1 Å². The molecular weight excluding hydrogens is 1070 g/mol. The summed E-state index contributed by atoms with van der Waals surface area (Å²) in [6, 6.07) is 110. The SMILES string of the molecule is c1ccc(-c2ccc(N(c3cccc(-c4ccc(-c5ccc(-c6ccc(-c7cc(-c8ccccc8)cc(N(c8ccc(-c9ccccc9)cc8)c8cncc9oc%10ccccc%10c89)c7)cc6)cc5)cc4)c3)c3cccc4c3oc3cccnc34)cc2)cc1. The van der Waals surface area contributed by atoms with Crippen LogP contribution in [0.1, 0.15) is 0 Å². The second kappa shape index (κ2) is 22.3. The quantitative estimate of drug-likeness (QED) is 0.115. The predicted octanol–water partition coefficient (Wildman–Crippen LogP) is 22.9. The fourth-order valence-corrected chi connectivity index (χ4v) is 12.4. The maximum absolute atomic E-state index is 6.59. The van der Waals surface area contributed by atoms with E-state index in [2.05, 4.69) is 295 Å². The van der Waals surface area contributed by atoms with Crippen LogP contribution in [0.4, 0.5) is 34.1 Å². The van der Waals surface area contributed by atoms with Crippen molar-refractivity contribution in [1.29, 1.82) is 0 Å². The highest BCUT2D eigenvalue weighted by Crippen LogP contribution is 2.47. The average molecular weight is 1130 g/mol. The van der Waals surface area contributed by atoms with E-state index < -0.39 is 0 Å². The number of hydrogen-bond acceptors (Lipinski definition) is 6. The molecule has 88 heavy (non-hydrogen) atoms. The predicted molar refractivity (Wildman–Crippen MR) is 364 cm³/mol. The lowest BCUT2D eigenvalue weighted by Crippen LogP contribution is -2.11. The molecule has 0 aliphatic heterocycles. The number of aromatic nitrogens is 2. The van der Waals surface area contributed by atoms with Gasteiger partial charge in [0.05, 0.1) is 29.2 Å². The van der Waals surface area contributed by atoms with E-state index in [0.717, 1.165) is 145 Å². The van der Waals surface area contributed by atoms with E-state index in [1.165, 1.54) is 11.1 Å². The third kappa shape index (κ3) is 9.71. The number of pyridine rings is 2. The molecule has 4 heterocycles. The van der Waals surface area contributed by atoms with Crippen molar-refractivity contribution in [3.8, 4) is 77.9 Å². The van der Waals surface area contributed by atoms with Gasteiger partial charge in [-0.15, -0.1) is 0 Å². The van der Waals surface area contributed by atoms with Gasteiger partial charge >= 0.3 is 0 Å². The summed E-state index contributed by atoms with van der Waals surface area (Å²) in [6.07, 6.45) is 5.61. The molecule has 16 aromatic rings. The van der Waals surface area contributed by atoms with Gasteiger partial charge in [-0.3, -0.25) is 9.97 Å². The second-order valence-electron chi connectivity index (χ2n) is 22.1. The molecule has 6 heteroatoms. The van der Waals surface area contributed by atoms with Crippen molar-refractivity contribution < 1.29 is 8.83 Å². The smallest absolute Gasteiger partial charge is 0.161 e. The van der Waals surface area contributed by atoms with E-state index >= 15 is 0 Å². The van der Waals surface area contributed by atoms with Gasteiger partial charge in [-0.2, -0.15) is 0 Å². The third-order valence-corrected chi connectivity index (χ3v) is 16.8. The number of para-hydroxylation sites is 2. The molecule has 0 unspecified atom stereocenters. The van der Waals surface area contributed by atoms with Gasteiger partial charge in [-0.1, -0.05) is 224 Å². The lowest BCUT2D eigenvalue weighted by Gasteiger charge is -2.27. The lowest BCUT2D eigenvalue weighted by molar-refractivity contribution is 0.667. The Morgan fingerprint density at radius 3 is 1.24 bits per heavy atom. The van der Waals surface area contributed by atoms with Crippen molar-refractivity contribution in [2.75, 3.05) is 9.80 Å². The Balaban J connectivity index is 0.699. The molecule has 12 aromatic carbocycles. The van der Waals surface area contributed by atoms with Crippen LogP contribution in [0.25, 0.3) is 122 Å². The first-order valence-electron chi connectivity index (χ1n) is 29.7. The van der Waals surface area contributed by atoms with Crippen LogP contribution in [-0.2, 0) is 0 Å². The zero-order valence-electron chi connectivity index (χ0n) is 47.8. The normalized spacial score (nSPS) is 11.4. The molecular formula is C82H54N4O2. The molecule has 0 spiro atoms. The first-order valence-corrected chi connectivity index (χ1v) is 29.7. The second-order valence-corrected chi connectivity index (χ2v) is 22.1. The topological polar surface area (TPSA) is 58.5 Å². The van der Waals surface area contributed by atoms with Gasteiger partial charge in [0.2, 0.25) is 0 Å². The first-order chi connectivity index (χ1) is 43.6. The molecule has 6 nitrogen and oxygen atoms in total. The molecule has 0 radical (unpaired) electrons. The van der Waals surface area contributed by atoms with Gasteiger partial charge in [0.15, 0.2) is 16.7 Å². The molecule has 16 rings (SSSR count). The fraction of sp³-hybridized carbons (Fsp3) is 0. The van der Waals surface area contributed by atoms with Crippen molar-refractivity contribution in [2.24, 2.45) is 0 Å². The van der Waals surface area contributed by atoms with Crippen LogP contribution in [0.15, 0.2) is 337 Å². The number of benzene rings is 12. The first kappa shape index (κ1) is 51.8. The van der Waals surface area contributed by atoms with E-state index in [-0.39, 0.29) is 0 Å². The fourth-order valence-electron chi connectivity index (χ4n) is 12.4. The highest BCUT2D eigenvalue weighted by atomic mass is 16.3. The number of hydrogen-bond donors (Lipinski definition) is 0. The summed E-state index contributed by atoms with van der Waals surface area (Å²) >= 11 is 0. The molecule has 0 atom stereocenters. The Labute approximate surface area is 509 Å². The molecule has 0 aliphatic rings. The summed E-state index contributed by atoms with van der Waals surface area (Å²) in [5, 5.41) is 3.03. The Morgan fingerprint density at radius 2 is 0.670 bits per heavy atom. The van der Waals surface area contributed by atoms with Crippen LogP contribution in [0.5, 0.6) is 0 Å². The van der Waals surface area contributed by atoms with Crippen LogP contribution in [-0.4, -0.2) is 9.97 Å². The van der Waals surface area contributed by atoms with Gasteiger partial charge in [0.25, 0.3) is 0 Å². The van der Waals surface area contributed by atoms with Crippen LogP contribution in [0.2, 0.25) is 0 Å². The van der Waals surface area contributed by atoms with Crippen molar-refractivity contribution in [2.45, 2.75) is 0 Å². The largest absolute Gasteiger partial charge is 0.454 e. The third-order valence-electron chi connectivity index (χ3n) is 16.8. The molecule has 414 valence electrons. The molecule has 0 fully saturated rings. The number of nitrogens with zero attached hydrogens (tertiary/aromatic N) is 4. The van der Waals surface area contributed by atoms with Crippen molar-refractivity contribution in [3.63, 3.8) is 0 Å². The molecule has 4 aromatic heterocycles. The molecule has 0 bridgehead atoms. The van der Waals surface area contributed by atoms with Gasteiger partial charge in [0, 0.05) is 39.7 Å². The summed E-state index contributed by atoms with van der Waals surface area (Å²) in [5.74, 6) is 0. The van der Waals surface area contributed by atoms with E-state index in [1.54, 1.807) is 0 Å². The van der Waals surface area contributed by atoms with Gasteiger partial charge in [-0.25, -0.2) is 0 Å². The van der Waals surface area contributed by atoms with Crippen molar-refractivity contribution in [3.05, 3.63) is 328 Å². The minimum Gasteiger partial charge on any atom is -0.454 e. The summed E-state index contributed by atoms with van der Waals surface area (Å²) < 4.78 is 13.0. The molecule has 0 saturated carbocycles. The minimum atomic E-state index is 0.738. The number of fused-ring (bicyclic) bond motifs is 6. The van der Waals surface area contributed by atoms with Crippen LogP contribution >= 0.6 is 0 Å². The standard InChI is InChI=1S/C82H54N4O2/c1-4-15-55(16-5-1)62-40-44-69(45-41-62)85(75-25-13-24-74-81-78(88-82(74)75)27-14-48-84-81)71-22-12-21-66(50-71)64-36-32-60(33-37-64)58-28-30-59(31-29-58)61-34-38-65(39-35-61)68-49-67(57-19-8-3-9-20-57)51-72(52-68)86(70-46-42-63(43-47-70)56-17-6-2-7-18-56)76-53-83-54-79-80(76)73-23-10-11-26-77(73)87-79/h1-54H. The molecule has 0 N–H and O–H groups in total. The zero-order chi connectivity index (χ0) is 58.3. The van der Waals surface area contributed by atoms with Crippen LogP contribution in [0, 0.1) is 0 Å². The van der Waals surface area contributed by atoms with E-state index in [1.807, 2.05) is 42.9 Å². The van der Waals surface area contributed by atoms with Crippen LogP contribution < -0.4 is 9.80 Å². The van der Waals surface area contributed by atoms with Gasteiger partial charge in [-0.05, 0) is 163 Å². The monoisotopic (exact) mass is 1130 g/mol. The molecule has 0 aliphatic carbocycles. The Bertz CT molecular complexity index is 5160. The number of rotatable bonds is 13. The summed E-state index contributed by atoms with van der Waals surface area (Å²) in [6.45, 7) is 0. The van der Waals surface area contributed by atoms with Gasteiger partial charge < -0.3 is 18.6 Å². The summed E-state index contributed by atoms with van der Waals surface area (Å²) in [5.41, 5.74) is 25.8. The number of furan rings is 2. The Morgan fingerprint density at radius 1 is 0.250 bits per heavy atom. The van der Waals surface area contributed by atoms with Gasteiger partial charge in [0.1, 0.15) is 11.1 Å². The lowest BCUT2D eigenvalue weighted by atomic mass is 9.95. The molecule has 0 amide bonds. The maximum atomic E-state index is 6.59. The van der Waals surface area contributed by atoms with E-state index in [0.29, 0.717) is 0 Å². The summed E-state index contributed by atoms with van der Waals surface area (Å²) in [4.78, 5) is 14.1. The molecule has 0 saturated heterocycles. The average Bonchev–Trinajstić information content (AvgIpc) is 4.38.